The second-order valence-electron chi connectivity index (χ2n) is 7.64. The summed E-state index contributed by atoms with van der Waals surface area (Å²) in [6.45, 7) is 10.4. The van der Waals surface area contributed by atoms with E-state index in [0.717, 1.165) is 27.7 Å². The topological polar surface area (TPSA) is 54.9 Å². The Kier molecular flexibility index (Phi) is 6.81. The number of nitrogens with zero attached hydrogens (tertiary/aromatic N) is 2. The molecule has 1 atom stereocenters. The van der Waals surface area contributed by atoms with E-state index < -0.39 is 0 Å². The van der Waals surface area contributed by atoms with Gasteiger partial charge in [-0.3, -0.25) is 4.79 Å². The monoisotopic (exact) mass is 371 g/mol. The van der Waals surface area contributed by atoms with Crippen LogP contribution in [0, 0.1) is 19.3 Å². The summed E-state index contributed by atoms with van der Waals surface area (Å²) in [5.41, 5.74) is 4.07. The molecule has 0 aliphatic carbocycles. The van der Waals surface area contributed by atoms with E-state index in [4.69, 9.17) is 0 Å². The van der Waals surface area contributed by atoms with Gasteiger partial charge in [0, 0.05) is 17.8 Å². The minimum Gasteiger partial charge on any atom is -0.349 e. The number of nitrogens with one attached hydrogen (secondary N) is 1. The maximum atomic E-state index is 12.6. The largest absolute Gasteiger partial charge is 0.349 e. The standard InChI is InChI=1S/C21H29N3OS/c1-14-17(15(2)23-20(22-14)26-6)12-13-18(25)24-19(21(3,4)5)16-10-8-7-9-11-16/h7-11,19H,12-13H2,1-6H3,(H,24,25). The lowest BCUT2D eigenvalue weighted by atomic mass is 9.82. The summed E-state index contributed by atoms with van der Waals surface area (Å²) in [5, 5.41) is 4.00. The molecule has 0 saturated heterocycles. The molecule has 1 aromatic carbocycles. The van der Waals surface area contributed by atoms with Gasteiger partial charge in [0.2, 0.25) is 5.91 Å². The Morgan fingerprint density at radius 2 is 1.69 bits per heavy atom. The maximum absolute atomic E-state index is 12.6. The molecule has 0 saturated carbocycles. The van der Waals surface area contributed by atoms with E-state index >= 15 is 0 Å². The molecule has 4 nitrogen and oxygen atoms in total. The molecule has 0 fully saturated rings. The van der Waals surface area contributed by atoms with Gasteiger partial charge >= 0.3 is 0 Å². The highest BCUT2D eigenvalue weighted by molar-refractivity contribution is 7.98. The third kappa shape index (κ3) is 5.31. The van der Waals surface area contributed by atoms with E-state index in [1.54, 1.807) is 0 Å². The fourth-order valence-corrected chi connectivity index (χ4v) is 3.54. The first-order valence-corrected chi connectivity index (χ1v) is 10.2. The first-order valence-electron chi connectivity index (χ1n) is 8.94. The number of amides is 1. The van der Waals surface area contributed by atoms with E-state index in [0.29, 0.717) is 12.8 Å². The van der Waals surface area contributed by atoms with Crippen molar-refractivity contribution in [3.8, 4) is 0 Å². The first kappa shape index (κ1) is 20.4. The number of rotatable bonds is 6. The van der Waals surface area contributed by atoms with Crippen molar-refractivity contribution in [2.24, 2.45) is 5.41 Å². The van der Waals surface area contributed by atoms with Crippen molar-refractivity contribution in [1.29, 1.82) is 0 Å². The van der Waals surface area contributed by atoms with Crippen LogP contribution in [0.1, 0.15) is 55.7 Å². The zero-order valence-corrected chi connectivity index (χ0v) is 17.4. The molecule has 0 spiro atoms. The van der Waals surface area contributed by atoms with E-state index in [-0.39, 0.29) is 17.4 Å². The summed E-state index contributed by atoms with van der Waals surface area (Å²) in [6, 6.07) is 10.1. The normalized spacial score (nSPS) is 12.7. The highest BCUT2D eigenvalue weighted by Gasteiger charge is 2.27. The van der Waals surface area contributed by atoms with Gasteiger partial charge in [-0.2, -0.15) is 0 Å². The van der Waals surface area contributed by atoms with Crippen LogP contribution in [0.3, 0.4) is 0 Å². The number of carbonyl (C=O) groups excluding carboxylic acids is 1. The van der Waals surface area contributed by atoms with Gasteiger partial charge in [-0.05, 0) is 43.1 Å². The van der Waals surface area contributed by atoms with Gasteiger partial charge in [0.25, 0.3) is 0 Å². The van der Waals surface area contributed by atoms with Crippen LogP contribution >= 0.6 is 11.8 Å². The number of hydrogen-bond donors (Lipinski definition) is 1. The van der Waals surface area contributed by atoms with Crippen molar-refractivity contribution < 1.29 is 4.79 Å². The van der Waals surface area contributed by atoms with Crippen molar-refractivity contribution in [2.45, 2.75) is 58.7 Å². The van der Waals surface area contributed by atoms with Crippen molar-refractivity contribution in [1.82, 2.24) is 15.3 Å². The number of hydrogen-bond acceptors (Lipinski definition) is 4. The number of benzene rings is 1. The molecule has 26 heavy (non-hydrogen) atoms. The van der Waals surface area contributed by atoms with Crippen molar-refractivity contribution in [2.75, 3.05) is 6.26 Å². The summed E-state index contributed by atoms with van der Waals surface area (Å²) in [6.07, 6.45) is 3.06. The van der Waals surface area contributed by atoms with Crippen LogP contribution in [0.2, 0.25) is 0 Å². The second kappa shape index (κ2) is 8.67. The lowest BCUT2D eigenvalue weighted by Crippen LogP contribution is -2.36. The third-order valence-corrected chi connectivity index (χ3v) is 5.04. The minimum absolute atomic E-state index is 0.0199. The molecule has 0 radical (unpaired) electrons. The lowest BCUT2D eigenvalue weighted by Gasteiger charge is -2.32. The van der Waals surface area contributed by atoms with Crippen LogP contribution in [0.15, 0.2) is 35.5 Å². The maximum Gasteiger partial charge on any atom is 0.220 e. The fourth-order valence-electron chi connectivity index (χ4n) is 3.08. The molecule has 0 aliphatic heterocycles. The average Bonchev–Trinajstić information content (AvgIpc) is 2.58. The van der Waals surface area contributed by atoms with E-state index in [1.165, 1.54) is 11.8 Å². The van der Waals surface area contributed by atoms with Gasteiger partial charge in [-0.1, -0.05) is 62.9 Å². The summed E-state index contributed by atoms with van der Waals surface area (Å²) in [7, 11) is 0. The Balaban J connectivity index is 2.08. The predicted octanol–water partition coefficient (Wildman–Crippen LogP) is 4.65. The Hall–Kier alpha value is -1.88. The lowest BCUT2D eigenvalue weighted by molar-refractivity contribution is -0.122. The highest BCUT2D eigenvalue weighted by Crippen LogP contribution is 2.32. The van der Waals surface area contributed by atoms with Gasteiger partial charge in [-0.15, -0.1) is 0 Å². The SMILES string of the molecule is CSc1nc(C)c(CCC(=O)NC(c2ccccc2)C(C)(C)C)c(C)n1. The van der Waals surface area contributed by atoms with Crippen LogP contribution in [-0.4, -0.2) is 22.1 Å². The number of carbonyl (C=O) groups is 1. The molecular formula is C21H29N3OS. The molecule has 1 amide bonds. The number of thioether (sulfide) groups is 1. The molecular weight excluding hydrogens is 342 g/mol. The van der Waals surface area contributed by atoms with Crippen molar-refractivity contribution >= 4 is 17.7 Å². The van der Waals surface area contributed by atoms with Crippen LogP contribution in [-0.2, 0) is 11.2 Å². The number of aryl methyl sites for hydroxylation is 2. The zero-order valence-electron chi connectivity index (χ0n) is 16.6. The molecule has 1 heterocycles. The first-order chi connectivity index (χ1) is 12.2. The molecule has 140 valence electrons. The van der Waals surface area contributed by atoms with Crippen molar-refractivity contribution in [3.05, 3.63) is 52.8 Å². The highest BCUT2D eigenvalue weighted by atomic mass is 32.2. The van der Waals surface area contributed by atoms with Gasteiger partial charge in [0.05, 0.1) is 6.04 Å². The number of aromatic nitrogens is 2. The Morgan fingerprint density at radius 3 is 2.19 bits per heavy atom. The van der Waals surface area contributed by atoms with Crippen LogP contribution in [0.5, 0.6) is 0 Å². The molecule has 0 aliphatic rings. The van der Waals surface area contributed by atoms with Gasteiger partial charge in [0.1, 0.15) is 0 Å². The fraction of sp³-hybridized carbons (Fsp3) is 0.476. The molecule has 5 heteroatoms. The Labute approximate surface area is 161 Å². The van der Waals surface area contributed by atoms with Crippen LogP contribution in [0.4, 0.5) is 0 Å². The molecule has 1 N–H and O–H groups in total. The molecule has 1 unspecified atom stereocenters. The quantitative estimate of drug-likeness (QED) is 0.593. The molecule has 1 aromatic heterocycles. The van der Waals surface area contributed by atoms with E-state index in [1.807, 2.05) is 38.3 Å². The van der Waals surface area contributed by atoms with Crippen LogP contribution < -0.4 is 5.32 Å². The van der Waals surface area contributed by atoms with Crippen LogP contribution in [0.25, 0.3) is 0 Å². The third-order valence-electron chi connectivity index (χ3n) is 4.49. The summed E-state index contributed by atoms with van der Waals surface area (Å²) in [5.74, 6) is 0.0570. The predicted molar refractivity (Wildman–Crippen MR) is 108 cm³/mol. The summed E-state index contributed by atoms with van der Waals surface area (Å²) in [4.78, 5) is 21.6. The Bertz CT molecular complexity index is 731. The summed E-state index contributed by atoms with van der Waals surface area (Å²) >= 11 is 1.54. The van der Waals surface area contributed by atoms with Gasteiger partial charge in [0.15, 0.2) is 5.16 Å². The van der Waals surface area contributed by atoms with E-state index in [2.05, 4.69) is 48.2 Å². The smallest absolute Gasteiger partial charge is 0.220 e. The van der Waals surface area contributed by atoms with Gasteiger partial charge < -0.3 is 5.32 Å². The second-order valence-corrected chi connectivity index (χ2v) is 8.41. The minimum atomic E-state index is -0.0635. The molecule has 2 aromatic rings. The summed E-state index contributed by atoms with van der Waals surface area (Å²) < 4.78 is 0. The van der Waals surface area contributed by atoms with Crippen molar-refractivity contribution in [3.63, 3.8) is 0 Å². The van der Waals surface area contributed by atoms with Gasteiger partial charge in [-0.25, -0.2) is 9.97 Å². The Morgan fingerprint density at radius 1 is 1.12 bits per heavy atom. The molecule has 2 rings (SSSR count). The average molecular weight is 372 g/mol. The van der Waals surface area contributed by atoms with E-state index in [9.17, 15) is 4.79 Å². The molecule has 0 bridgehead atoms. The zero-order chi connectivity index (χ0) is 19.3.